The molecule has 166 valence electrons. The van der Waals surface area contributed by atoms with Gasteiger partial charge in [0.25, 0.3) is 0 Å². The van der Waals surface area contributed by atoms with Gasteiger partial charge < -0.3 is 9.80 Å². The normalized spacial score (nSPS) is 24.7. The number of hydrogen-bond donors (Lipinski definition) is 0. The lowest BCUT2D eigenvalue weighted by molar-refractivity contribution is -0.152. The second kappa shape index (κ2) is 9.03. The van der Waals surface area contributed by atoms with Crippen molar-refractivity contribution in [3.8, 4) is 0 Å². The molecule has 2 aliphatic heterocycles. The van der Waals surface area contributed by atoms with Crippen molar-refractivity contribution < 1.29 is 14.4 Å². The number of carbonyl (C=O) groups excluding carboxylic acids is 3. The van der Waals surface area contributed by atoms with Crippen LogP contribution in [0.15, 0.2) is 36.4 Å². The number of halogens is 1. The summed E-state index contributed by atoms with van der Waals surface area (Å²) in [6, 6.07) is 7.01. The zero-order chi connectivity index (χ0) is 22.1. The van der Waals surface area contributed by atoms with Crippen LogP contribution in [0.3, 0.4) is 0 Å². The fourth-order valence-electron chi connectivity index (χ4n) is 4.96. The summed E-state index contributed by atoms with van der Waals surface area (Å²) in [6.07, 6.45) is 5.63. The van der Waals surface area contributed by atoms with Gasteiger partial charge in [0.15, 0.2) is 0 Å². The van der Waals surface area contributed by atoms with Crippen LogP contribution in [0.2, 0.25) is 5.02 Å². The predicted molar refractivity (Wildman–Crippen MR) is 121 cm³/mol. The Hall–Kier alpha value is -2.34. The minimum Gasteiger partial charge on any atom is -0.368 e. The average molecular weight is 444 g/mol. The number of allylic oxidation sites excluding steroid dienone is 2. The molecule has 6 nitrogen and oxygen atoms in total. The highest BCUT2D eigenvalue weighted by molar-refractivity contribution is 6.30. The van der Waals surface area contributed by atoms with Gasteiger partial charge in [-0.15, -0.1) is 0 Å². The molecule has 3 unspecified atom stereocenters. The van der Waals surface area contributed by atoms with Gasteiger partial charge in [0.05, 0.1) is 11.8 Å². The predicted octanol–water partition coefficient (Wildman–Crippen LogP) is 3.35. The Morgan fingerprint density at radius 3 is 2.19 bits per heavy atom. The first kappa shape index (κ1) is 21.9. The summed E-state index contributed by atoms with van der Waals surface area (Å²) in [5.41, 5.74) is 1.04. The molecule has 0 N–H and O–H groups in total. The van der Waals surface area contributed by atoms with E-state index in [0.717, 1.165) is 5.69 Å². The number of fused-ring (bicyclic) bond motifs is 1. The fourth-order valence-corrected chi connectivity index (χ4v) is 5.15. The molecular weight excluding hydrogens is 414 g/mol. The molecular formula is C24H30ClN3O3. The van der Waals surface area contributed by atoms with Crippen LogP contribution in [0.4, 0.5) is 5.69 Å². The molecule has 1 aromatic rings. The van der Waals surface area contributed by atoms with Crippen molar-refractivity contribution in [1.82, 2.24) is 9.80 Å². The summed E-state index contributed by atoms with van der Waals surface area (Å²) in [5, 5.41) is 0.690. The van der Waals surface area contributed by atoms with Crippen molar-refractivity contribution in [2.45, 2.75) is 39.2 Å². The maximum absolute atomic E-state index is 13.5. The molecule has 0 aromatic heterocycles. The molecule has 0 saturated carbocycles. The summed E-state index contributed by atoms with van der Waals surface area (Å²) < 4.78 is 0. The summed E-state index contributed by atoms with van der Waals surface area (Å²) in [5.74, 6) is -0.859. The van der Waals surface area contributed by atoms with E-state index in [-0.39, 0.29) is 35.5 Å². The third-order valence-electron chi connectivity index (χ3n) is 6.60. The first-order valence-electron chi connectivity index (χ1n) is 11.2. The number of amides is 3. The van der Waals surface area contributed by atoms with Crippen LogP contribution in [0.5, 0.6) is 0 Å². The van der Waals surface area contributed by atoms with Gasteiger partial charge in [-0.3, -0.25) is 19.3 Å². The van der Waals surface area contributed by atoms with Gasteiger partial charge in [-0.2, -0.15) is 0 Å². The Morgan fingerprint density at radius 2 is 1.65 bits per heavy atom. The molecule has 7 heteroatoms. The third-order valence-corrected chi connectivity index (χ3v) is 6.83. The van der Waals surface area contributed by atoms with Crippen molar-refractivity contribution in [2.24, 2.45) is 17.8 Å². The highest BCUT2D eigenvalue weighted by atomic mass is 35.5. The topological polar surface area (TPSA) is 60.9 Å². The van der Waals surface area contributed by atoms with E-state index in [1.807, 2.05) is 55.2 Å². The lowest BCUT2D eigenvalue weighted by Crippen LogP contribution is -2.56. The second-order valence-corrected chi connectivity index (χ2v) is 9.58. The van der Waals surface area contributed by atoms with E-state index in [1.165, 1.54) is 4.90 Å². The maximum Gasteiger partial charge on any atom is 0.246 e. The SMILES string of the molecule is CC(C)CC(C(=O)N1CCN(c2cccc(Cl)c2)CC1)N1C(=O)C2CC=CCC2C1=O. The van der Waals surface area contributed by atoms with Crippen LogP contribution in [-0.2, 0) is 14.4 Å². The fraction of sp³-hybridized carbons (Fsp3) is 0.542. The molecule has 0 spiro atoms. The van der Waals surface area contributed by atoms with Crippen LogP contribution in [0, 0.1) is 17.8 Å². The minimum absolute atomic E-state index is 0.104. The Kier molecular flexibility index (Phi) is 6.37. The number of likely N-dealkylation sites (tertiary alicyclic amines) is 1. The number of piperazine rings is 1. The highest BCUT2D eigenvalue weighted by Crippen LogP contribution is 2.37. The molecule has 31 heavy (non-hydrogen) atoms. The summed E-state index contributed by atoms with van der Waals surface area (Å²) in [7, 11) is 0. The molecule has 1 aromatic carbocycles. The van der Waals surface area contributed by atoms with Crippen LogP contribution >= 0.6 is 11.6 Å². The number of carbonyl (C=O) groups is 3. The van der Waals surface area contributed by atoms with E-state index in [9.17, 15) is 14.4 Å². The Labute approximate surface area is 188 Å². The van der Waals surface area contributed by atoms with Gasteiger partial charge in [-0.25, -0.2) is 0 Å². The van der Waals surface area contributed by atoms with E-state index in [1.54, 1.807) is 0 Å². The Morgan fingerprint density at radius 1 is 1.03 bits per heavy atom. The van der Waals surface area contributed by atoms with Crippen molar-refractivity contribution in [2.75, 3.05) is 31.1 Å². The Bertz CT molecular complexity index is 866. The van der Waals surface area contributed by atoms with Crippen molar-refractivity contribution >= 4 is 35.0 Å². The minimum atomic E-state index is -0.705. The standard InChI is InChI=1S/C24H30ClN3O3/c1-16(2)14-21(28-22(29)19-8-3-4-9-20(19)23(28)30)24(31)27-12-10-26(11-13-27)18-7-5-6-17(25)15-18/h3-7,15-16,19-21H,8-14H2,1-2H3. The van der Waals surface area contributed by atoms with E-state index >= 15 is 0 Å². The lowest BCUT2D eigenvalue weighted by Gasteiger charge is -2.39. The second-order valence-electron chi connectivity index (χ2n) is 9.14. The maximum atomic E-state index is 13.5. The molecule has 0 radical (unpaired) electrons. The highest BCUT2D eigenvalue weighted by Gasteiger charge is 2.51. The number of rotatable bonds is 5. The van der Waals surface area contributed by atoms with Crippen LogP contribution in [0.25, 0.3) is 0 Å². The van der Waals surface area contributed by atoms with E-state index in [4.69, 9.17) is 11.6 Å². The Balaban J connectivity index is 1.48. The molecule has 2 saturated heterocycles. The van der Waals surface area contributed by atoms with Crippen LogP contribution in [-0.4, -0.2) is 59.7 Å². The number of benzene rings is 1. The zero-order valence-corrected chi connectivity index (χ0v) is 18.9. The zero-order valence-electron chi connectivity index (χ0n) is 18.2. The summed E-state index contributed by atoms with van der Waals surface area (Å²) >= 11 is 6.12. The van der Waals surface area contributed by atoms with E-state index in [0.29, 0.717) is 50.5 Å². The lowest BCUT2D eigenvalue weighted by atomic mass is 9.85. The van der Waals surface area contributed by atoms with Gasteiger partial charge in [0, 0.05) is 36.9 Å². The molecule has 2 heterocycles. The van der Waals surface area contributed by atoms with Crippen LogP contribution < -0.4 is 4.90 Å². The van der Waals surface area contributed by atoms with Crippen LogP contribution in [0.1, 0.15) is 33.1 Å². The molecule has 2 fully saturated rings. The first-order valence-corrected chi connectivity index (χ1v) is 11.6. The molecule has 1 aliphatic carbocycles. The molecule has 0 bridgehead atoms. The third kappa shape index (κ3) is 4.36. The first-order chi connectivity index (χ1) is 14.9. The van der Waals surface area contributed by atoms with E-state index < -0.39 is 6.04 Å². The molecule has 3 atom stereocenters. The summed E-state index contributed by atoms with van der Waals surface area (Å²) in [6.45, 7) is 6.55. The number of imide groups is 1. The molecule has 3 aliphatic rings. The van der Waals surface area contributed by atoms with Gasteiger partial charge in [-0.05, 0) is 43.4 Å². The quantitative estimate of drug-likeness (QED) is 0.517. The van der Waals surface area contributed by atoms with Gasteiger partial charge >= 0.3 is 0 Å². The van der Waals surface area contributed by atoms with Crippen molar-refractivity contribution in [3.63, 3.8) is 0 Å². The van der Waals surface area contributed by atoms with Crippen molar-refractivity contribution in [3.05, 3.63) is 41.4 Å². The monoisotopic (exact) mass is 443 g/mol. The largest absolute Gasteiger partial charge is 0.368 e. The number of anilines is 1. The van der Waals surface area contributed by atoms with Gasteiger partial charge in [0.1, 0.15) is 6.04 Å². The number of hydrogen-bond acceptors (Lipinski definition) is 4. The van der Waals surface area contributed by atoms with E-state index in [2.05, 4.69) is 4.90 Å². The van der Waals surface area contributed by atoms with Gasteiger partial charge in [0.2, 0.25) is 17.7 Å². The molecule has 3 amide bonds. The van der Waals surface area contributed by atoms with Crippen molar-refractivity contribution in [1.29, 1.82) is 0 Å². The molecule has 4 rings (SSSR count). The average Bonchev–Trinajstić information content (AvgIpc) is 3.02. The smallest absolute Gasteiger partial charge is 0.246 e. The number of nitrogens with zero attached hydrogens (tertiary/aromatic N) is 3. The van der Waals surface area contributed by atoms with Gasteiger partial charge in [-0.1, -0.05) is 43.7 Å². The summed E-state index contributed by atoms with van der Waals surface area (Å²) in [4.78, 5) is 45.1.